The van der Waals surface area contributed by atoms with Gasteiger partial charge in [0.05, 0.1) is 4.88 Å². The molecule has 0 saturated heterocycles. The van der Waals surface area contributed by atoms with Gasteiger partial charge in [0.1, 0.15) is 11.5 Å². The number of furan rings is 1. The van der Waals surface area contributed by atoms with E-state index in [1.165, 1.54) is 15.0 Å². The predicted molar refractivity (Wildman–Crippen MR) is 94.0 cm³/mol. The van der Waals surface area contributed by atoms with Crippen LogP contribution in [0.1, 0.15) is 10.6 Å². The second kappa shape index (κ2) is 5.34. The first-order chi connectivity index (χ1) is 10.8. The fraction of sp³-hybridized carbons (Fsp3) is 0.0500. The molecule has 4 rings (SSSR count). The first kappa shape index (κ1) is 13.1. The Balaban J connectivity index is 2.04. The lowest BCUT2D eigenvalue weighted by Gasteiger charge is -2.01. The third-order valence-corrected chi connectivity index (χ3v) is 4.85. The zero-order chi connectivity index (χ0) is 14.9. The SMILES string of the molecule is Cc1ccc(-c2c(C3=C=CC=CC=C3)sc3ccccc23)o1. The van der Waals surface area contributed by atoms with Crippen LogP contribution in [-0.2, 0) is 0 Å². The van der Waals surface area contributed by atoms with Crippen molar-refractivity contribution >= 4 is 27.0 Å². The Morgan fingerprint density at radius 1 is 1.00 bits per heavy atom. The van der Waals surface area contributed by atoms with Crippen molar-refractivity contribution in [3.8, 4) is 11.3 Å². The summed E-state index contributed by atoms with van der Waals surface area (Å²) in [6.07, 6.45) is 10.1. The smallest absolute Gasteiger partial charge is 0.136 e. The van der Waals surface area contributed by atoms with E-state index in [4.69, 9.17) is 4.42 Å². The van der Waals surface area contributed by atoms with Gasteiger partial charge in [0.2, 0.25) is 0 Å². The van der Waals surface area contributed by atoms with Crippen molar-refractivity contribution in [3.05, 3.63) is 83.1 Å². The number of aryl methyl sites for hydroxylation is 1. The van der Waals surface area contributed by atoms with Gasteiger partial charge in [-0.3, -0.25) is 0 Å². The van der Waals surface area contributed by atoms with Crippen LogP contribution in [0, 0.1) is 6.92 Å². The minimum Gasteiger partial charge on any atom is -0.461 e. The Labute approximate surface area is 133 Å². The number of rotatable bonds is 2. The van der Waals surface area contributed by atoms with Gasteiger partial charge in [0.15, 0.2) is 0 Å². The van der Waals surface area contributed by atoms with E-state index in [-0.39, 0.29) is 0 Å². The first-order valence-corrected chi connectivity index (χ1v) is 8.03. The molecule has 1 aliphatic rings. The summed E-state index contributed by atoms with van der Waals surface area (Å²) < 4.78 is 7.18. The normalized spacial score (nSPS) is 13.6. The lowest BCUT2D eigenvalue weighted by Crippen LogP contribution is -1.80. The van der Waals surface area contributed by atoms with Crippen molar-refractivity contribution in [2.45, 2.75) is 6.92 Å². The van der Waals surface area contributed by atoms with Gasteiger partial charge in [-0.15, -0.1) is 17.1 Å². The van der Waals surface area contributed by atoms with E-state index in [0.717, 1.165) is 22.7 Å². The Hall–Kier alpha value is -2.54. The molecule has 0 fully saturated rings. The molecule has 0 spiro atoms. The molecule has 1 aromatic carbocycles. The average Bonchev–Trinajstić information content (AvgIpc) is 3.01. The summed E-state index contributed by atoms with van der Waals surface area (Å²) in [4.78, 5) is 1.20. The van der Waals surface area contributed by atoms with E-state index in [1.54, 1.807) is 11.3 Å². The lowest BCUT2D eigenvalue weighted by atomic mass is 10.0. The van der Waals surface area contributed by atoms with Crippen LogP contribution >= 0.6 is 11.3 Å². The second-order valence-corrected chi connectivity index (χ2v) is 6.23. The number of hydrogen-bond acceptors (Lipinski definition) is 2. The molecule has 1 aliphatic carbocycles. The van der Waals surface area contributed by atoms with E-state index >= 15 is 0 Å². The van der Waals surface area contributed by atoms with E-state index in [0.29, 0.717) is 0 Å². The molecule has 2 aromatic heterocycles. The third-order valence-electron chi connectivity index (χ3n) is 3.65. The van der Waals surface area contributed by atoms with Gasteiger partial charge in [0, 0.05) is 21.2 Å². The molecular formula is C20H14OS. The van der Waals surface area contributed by atoms with Gasteiger partial charge >= 0.3 is 0 Å². The molecule has 0 unspecified atom stereocenters. The zero-order valence-corrected chi connectivity index (χ0v) is 13.0. The highest BCUT2D eigenvalue weighted by Gasteiger charge is 2.18. The molecule has 2 heteroatoms. The van der Waals surface area contributed by atoms with Crippen molar-refractivity contribution in [2.24, 2.45) is 0 Å². The van der Waals surface area contributed by atoms with E-state index in [2.05, 4.69) is 42.1 Å². The largest absolute Gasteiger partial charge is 0.461 e. The van der Waals surface area contributed by atoms with Gasteiger partial charge in [-0.05, 0) is 37.3 Å². The molecule has 3 aromatic rings. The van der Waals surface area contributed by atoms with Gasteiger partial charge in [-0.1, -0.05) is 36.4 Å². The van der Waals surface area contributed by atoms with Crippen LogP contribution in [0.15, 0.2) is 76.9 Å². The summed E-state index contributed by atoms with van der Waals surface area (Å²) in [7, 11) is 0. The fourth-order valence-corrected chi connectivity index (χ4v) is 3.84. The predicted octanol–water partition coefficient (Wildman–Crippen LogP) is 6.13. The highest BCUT2D eigenvalue weighted by molar-refractivity contribution is 7.20. The topological polar surface area (TPSA) is 13.1 Å². The summed E-state index contributed by atoms with van der Waals surface area (Å²) in [6, 6.07) is 12.5. The summed E-state index contributed by atoms with van der Waals surface area (Å²) in [5, 5.41) is 1.23. The van der Waals surface area contributed by atoms with Crippen LogP contribution in [0.25, 0.3) is 27.0 Å². The number of hydrogen-bond donors (Lipinski definition) is 0. The molecule has 106 valence electrons. The van der Waals surface area contributed by atoms with Crippen LogP contribution in [0.2, 0.25) is 0 Å². The van der Waals surface area contributed by atoms with Gasteiger partial charge < -0.3 is 4.42 Å². The van der Waals surface area contributed by atoms with Crippen molar-refractivity contribution in [2.75, 3.05) is 0 Å². The third kappa shape index (κ3) is 2.19. The van der Waals surface area contributed by atoms with Crippen LogP contribution in [0.4, 0.5) is 0 Å². The summed E-state index contributed by atoms with van der Waals surface area (Å²) in [6.45, 7) is 1.98. The maximum Gasteiger partial charge on any atom is 0.136 e. The van der Waals surface area contributed by atoms with Crippen LogP contribution in [0.5, 0.6) is 0 Å². The number of allylic oxidation sites excluding steroid dienone is 5. The minimum atomic E-state index is 0.921. The zero-order valence-electron chi connectivity index (χ0n) is 12.2. The van der Waals surface area contributed by atoms with Crippen molar-refractivity contribution in [1.29, 1.82) is 0 Å². The molecule has 0 aliphatic heterocycles. The monoisotopic (exact) mass is 302 g/mol. The quantitative estimate of drug-likeness (QED) is 0.519. The maximum atomic E-state index is 5.91. The Kier molecular flexibility index (Phi) is 3.19. The summed E-state index contributed by atoms with van der Waals surface area (Å²) in [5.74, 6) is 1.85. The molecule has 0 bridgehead atoms. The Morgan fingerprint density at radius 3 is 2.77 bits per heavy atom. The van der Waals surface area contributed by atoms with Gasteiger partial charge in [0.25, 0.3) is 0 Å². The average molecular weight is 302 g/mol. The van der Waals surface area contributed by atoms with Crippen molar-refractivity contribution < 1.29 is 4.42 Å². The first-order valence-electron chi connectivity index (χ1n) is 7.22. The second-order valence-electron chi connectivity index (χ2n) is 5.18. The molecule has 0 atom stereocenters. The molecular weight excluding hydrogens is 288 g/mol. The highest BCUT2D eigenvalue weighted by atomic mass is 32.1. The standard InChI is InChI=1S/C20H14OS/c1-14-12-13-17(21-14)19-16-10-6-7-11-18(16)22-20(19)15-8-4-2-3-5-9-15/h2-8,10-13H,1H3. The molecule has 22 heavy (non-hydrogen) atoms. The van der Waals surface area contributed by atoms with E-state index < -0.39 is 0 Å². The van der Waals surface area contributed by atoms with Gasteiger partial charge in [-0.25, -0.2) is 0 Å². The Bertz CT molecular complexity index is 972. The van der Waals surface area contributed by atoms with E-state index in [1.807, 2.05) is 37.3 Å². The number of thiophene rings is 1. The van der Waals surface area contributed by atoms with E-state index in [9.17, 15) is 0 Å². The van der Waals surface area contributed by atoms with Crippen LogP contribution < -0.4 is 0 Å². The lowest BCUT2D eigenvalue weighted by molar-refractivity contribution is 0.549. The molecule has 0 radical (unpaired) electrons. The molecule has 0 saturated carbocycles. The molecule has 0 amide bonds. The molecule has 1 nitrogen and oxygen atoms in total. The summed E-state index contributed by atoms with van der Waals surface area (Å²) in [5.41, 5.74) is 5.62. The summed E-state index contributed by atoms with van der Waals surface area (Å²) >= 11 is 1.79. The van der Waals surface area contributed by atoms with Gasteiger partial charge in [-0.2, -0.15) is 0 Å². The van der Waals surface area contributed by atoms with Crippen LogP contribution in [-0.4, -0.2) is 0 Å². The molecule has 2 heterocycles. The minimum absolute atomic E-state index is 0.921. The van der Waals surface area contributed by atoms with Crippen molar-refractivity contribution in [3.63, 3.8) is 0 Å². The number of fused-ring (bicyclic) bond motifs is 1. The maximum absolute atomic E-state index is 5.91. The fourth-order valence-electron chi connectivity index (χ4n) is 2.65. The molecule has 0 N–H and O–H groups in total. The Morgan fingerprint density at radius 2 is 1.91 bits per heavy atom. The highest BCUT2D eigenvalue weighted by Crippen LogP contribution is 2.43. The number of benzene rings is 1. The van der Waals surface area contributed by atoms with Crippen molar-refractivity contribution in [1.82, 2.24) is 0 Å². The van der Waals surface area contributed by atoms with Crippen LogP contribution in [0.3, 0.4) is 0 Å².